The Labute approximate surface area is 177 Å². The minimum atomic E-state index is -4.51. The molecule has 2 rings (SSSR count). The highest BCUT2D eigenvalue weighted by Gasteiger charge is 2.31. The molecule has 1 N–H and O–H groups in total. The van der Waals surface area contributed by atoms with E-state index in [9.17, 15) is 26.4 Å². The van der Waals surface area contributed by atoms with E-state index >= 15 is 0 Å². The first-order valence-corrected chi connectivity index (χ1v) is 10.8. The molecule has 0 saturated carbocycles. The number of hydrogen-bond acceptors (Lipinski definition) is 4. The molecule has 11 heteroatoms. The van der Waals surface area contributed by atoms with Gasteiger partial charge in [0.25, 0.3) is 0 Å². The van der Waals surface area contributed by atoms with Gasteiger partial charge in [-0.25, -0.2) is 8.42 Å². The normalized spacial score (nSPS) is 12.9. The Morgan fingerprint density at radius 1 is 1.23 bits per heavy atom. The molecule has 1 amide bonds. The number of methoxy groups -OCH3 is 1. The van der Waals surface area contributed by atoms with Gasteiger partial charge in [0.2, 0.25) is 15.9 Å². The Kier molecular flexibility index (Phi) is 7.25. The highest BCUT2D eigenvalue weighted by molar-refractivity contribution is 7.92. The summed E-state index contributed by atoms with van der Waals surface area (Å²) in [6, 6.07) is 7.56. The van der Waals surface area contributed by atoms with Crippen molar-refractivity contribution in [3.8, 4) is 5.75 Å². The highest BCUT2D eigenvalue weighted by Crippen LogP contribution is 2.31. The van der Waals surface area contributed by atoms with Gasteiger partial charge in [-0.1, -0.05) is 23.7 Å². The summed E-state index contributed by atoms with van der Waals surface area (Å²) in [6.07, 6.45) is -3.57. The third-order valence-corrected chi connectivity index (χ3v) is 5.74. The number of benzene rings is 2. The van der Waals surface area contributed by atoms with E-state index in [0.29, 0.717) is 5.75 Å². The maximum absolute atomic E-state index is 12.8. The molecule has 0 aliphatic carbocycles. The van der Waals surface area contributed by atoms with Gasteiger partial charge in [-0.05, 0) is 42.8 Å². The Hall–Kier alpha value is -2.46. The quantitative estimate of drug-likeness (QED) is 0.675. The highest BCUT2D eigenvalue weighted by atomic mass is 35.5. The maximum Gasteiger partial charge on any atom is 0.416 e. The lowest BCUT2D eigenvalue weighted by atomic mass is 10.1. The van der Waals surface area contributed by atoms with Crippen LogP contribution in [0.5, 0.6) is 5.75 Å². The van der Waals surface area contributed by atoms with Crippen molar-refractivity contribution in [1.29, 1.82) is 0 Å². The lowest BCUT2D eigenvalue weighted by molar-refractivity contribution is -0.137. The molecular weight excluding hydrogens is 445 g/mol. The Balaban J connectivity index is 2.22. The largest absolute Gasteiger partial charge is 0.495 e. The molecule has 0 heterocycles. The molecule has 0 aliphatic rings. The molecule has 2 aromatic carbocycles. The summed E-state index contributed by atoms with van der Waals surface area (Å²) in [5.74, 6) is -0.361. The second kappa shape index (κ2) is 9.13. The van der Waals surface area contributed by atoms with Crippen LogP contribution in [0.2, 0.25) is 5.02 Å². The fraction of sp³-hybridized carbons (Fsp3) is 0.316. The Morgan fingerprint density at radius 2 is 1.90 bits per heavy atom. The van der Waals surface area contributed by atoms with Crippen LogP contribution < -0.4 is 14.4 Å². The molecule has 0 spiro atoms. The first kappa shape index (κ1) is 23.8. The molecule has 30 heavy (non-hydrogen) atoms. The predicted octanol–water partition coefficient (Wildman–Crippen LogP) is 3.84. The van der Waals surface area contributed by atoms with Gasteiger partial charge >= 0.3 is 6.18 Å². The summed E-state index contributed by atoms with van der Waals surface area (Å²) < 4.78 is 69.0. The molecule has 0 aliphatic heterocycles. The first-order valence-electron chi connectivity index (χ1n) is 8.61. The lowest BCUT2D eigenvalue weighted by Gasteiger charge is -2.28. The molecular formula is C19H20ClF3N2O4S. The van der Waals surface area contributed by atoms with Crippen LogP contribution in [0.15, 0.2) is 42.5 Å². The molecule has 2 aromatic rings. The zero-order valence-corrected chi connectivity index (χ0v) is 17.9. The molecule has 6 nitrogen and oxygen atoms in total. The number of nitrogens with one attached hydrogen (secondary N) is 1. The van der Waals surface area contributed by atoms with E-state index < -0.39 is 33.7 Å². The summed E-state index contributed by atoms with van der Waals surface area (Å²) in [4.78, 5) is 12.6. The number of ether oxygens (including phenoxy) is 1. The number of rotatable bonds is 7. The molecule has 1 atom stereocenters. The van der Waals surface area contributed by atoms with Crippen molar-refractivity contribution >= 4 is 33.2 Å². The van der Waals surface area contributed by atoms with Gasteiger partial charge in [-0.15, -0.1) is 0 Å². The number of nitrogens with zero attached hydrogens (tertiary/aromatic N) is 1. The van der Waals surface area contributed by atoms with Crippen molar-refractivity contribution in [1.82, 2.24) is 5.32 Å². The van der Waals surface area contributed by atoms with E-state index in [1.807, 2.05) is 0 Å². The van der Waals surface area contributed by atoms with Crippen LogP contribution in [-0.4, -0.2) is 33.7 Å². The van der Waals surface area contributed by atoms with E-state index in [2.05, 4.69) is 5.32 Å². The monoisotopic (exact) mass is 464 g/mol. The second-order valence-electron chi connectivity index (χ2n) is 6.47. The first-order chi connectivity index (χ1) is 13.8. The lowest BCUT2D eigenvalue weighted by Crippen LogP contribution is -2.47. The van der Waals surface area contributed by atoms with Crippen molar-refractivity contribution in [3.05, 3.63) is 58.6 Å². The third kappa shape index (κ3) is 5.79. The van der Waals surface area contributed by atoms with Crippen molar-refractivity contribution in [2.45, 2.75) is 25.7 Å². The summed E-state index contributed by atoms with van der Waals surface area (Å²) in [5, 5.41) is 2.62. The number of sulfonamides is 1. The number of halogens is 4. The fourth-order valence-electron chi connectivity index (χ4n) is 2.80. The predicted molar refractivity (Wildman–Crippen MR) is 108 cm³/mol. The smallest absolute Gasteiger partial charge is 0.416 e. The van der Waals surface area contributed by atoms with Crippen LogP contribution in [0.4, 0.5) is 18.9 Å². The van der Waals surface area contributed by atoms with Gasteiger partial charge in [0.1, 0.15) is 11.8 Å². The Morgan fingerprint density at radius 3 is 2.43 bits per heavy atom. The number of alkyl halides is 3. The summed E-state index contributed by atoms with van der Waals surface area (Å²) >= 11 is 6.06. The molecule has 0 unspecified atom stereocenters. The third-order valence-electron chi connectivity index (χ3n) is 4.20. The second-order valence-corrected chi connectivity index (χ2v) is 8.74. The van der Waals surface area contributed by atoms with Gasteiger partial charge in [-0.2, -0.15) is 13.2 Å². The molecule has 0 aromatic heterocycles. The van der Waals surface area contributed by atoms with Gasteiger partial charge in [0.05, 0.1) is 29.6 Å². The number of carbonyl (C=O) groups excluding carboxylic acids is 1. The molecule has 0 saturated heterocycles. The number of anilines is 1. The number of amides is 1. The Bertz CT molecular complexity index is 1030. The maximum atomic E-state index is 12.8. The summed E-state index contributed by atoms with van der Waals surface area (Å²) in [5.41, 5.74) is -0.471. The van der Waals surface area contributed by atoms with E-state index in [0.717, 1.165) is 22.7 Å². The van der Waals surface area contributed by atoms with Crippen LogP contribution in [-0.2, 0) is 27.5 Å². The van der Waals surface area contributed by atoms with Crippen LogP contribution in [0.25, 0.3) is 0 Å². The molecule has 0 fully saturated rings. The van der Waals surface area contributed by atoms with Gasteiger partial charge in [-0.3, -0.25) is 9.10 Å². The van der Waals surface area contributed by atoms with E-state index in [4.69, 9.17) is 16.3 Å². The van der Waals surface area contributed by atoms with Crippen molar-refractivity contribution in [2.24, 2.45) is 0 Å². The fourth-order valence-corrected chi connectivity index (χ4v) is 4.21. The van der Waals surface area contributed by atoms with E-state index in [1.165, 1.54) is 44.4 Å². The summed E-state index contributed by atoms with van der Waals surface area (Å²) in [7, 11) is -2.48. The molecule has 0 radical (unpaired) electrons. The van der Waals surface area contributed by atoms with E-state index in [1.54, 1.807) is 0 Å². The number of carbonyl (C=O) groups is 1. The molecule has 164 valence electrons. The van der Waals surface area contributed by atoms with Gasteiger partial charge < -0.3 is 10.1 Å². The van der Waals surface area contributed by atoms with Crippen LogP contribution in [0.1, 0.15) is 18.1 Å². The number of hydrogen-bond donors (Lipinski definition) is 1. The zero-order valence-electron chi connectivity index (χ0n) is 16.3. The average molecular weight is 465 g/mol. The zero-order chi connectivity index (χ0) is 22.7. The van der Waals surface area contributed by atoms with Gasteiger partial charge in [0.15, 0.2) is 0 Å². The average Bonchev–Trinajstić information content (AvgIpc) is 2.64. The molecule has 0 bridgehead atoms. The van der Waals surface area contributed by atoms with Gasteiger partial charge in [0, 0.05) is 6.54 Å². The van der Waals surface area contributed by atoms with Crippen molar-refractivity contribution in [2.75, 3.05) is 17.7 Å². The minimum absolute atomic E-state index is 0.144. The van der Waals surface area contributed by atoms with Crippen molar-refractivity contribution in [3.63, 3.8) is 0 Å². The SMILES string of the molecule is COc1ccc(N([C@@H](C)C(=O)NCc2cccc(C(F)(F)F)c2)S(C)(=O)=O)cc1Cl. The standard InChI is InChI=1S/C19H20ClF3N2O4S/c1-12(18(26)24-11-13-5-4-6-14(9-13)19(21,22)23)25(30(3,27)28)15-7-8-17(29-2)16(20)10-15/h4-10,12H,11H2,1-3H3,(H,24,26)/t12-/m0/s1. The minimum Gasteiger partial charge on any atom is -0.495 e. The topological polar surface area (TPSA) is 75.7 Å². The van der Waals surface area contributed by atoms with E-state index in [-0.39, 0.29) is 22.8 Å². The van der Waals surface area contributed by atoms with Crippen LogP contribution in [0.3, 0.4) is 0 Å². The van der Waals surface area contributed by atoms with Crippen molar-refractivity contribution < 1.29 is 31.1 Å². The van der Waals surface area contributed by atoms with Crippen LogP contribution in [0, 0.1) is 0 Å². The summed E-state index contributed by atoms with van der Waals surface area (Å²) in [6.45, 7) is 1.16. The van der Waals surface area contributed by atoms with Crippen LogP contribution >= 0.6 is 11.6 Å².